The van der Waals surface area contributed by atoms with Crippen molar-refractivity contribution in [1.29, 1.82) is 0 Å². The molecule has 1 aromatic heterocycles. The van der Waals surface area contributed by atoms with Gasteiger partial charge in [0.15, 0.2) is 5.82 Å². The van der Waals surface area contributed by atoms with E-state index in [0.29, 0.717) is 0 Å². The summed E-state index contributed by atoms with van der Waals surface area (Å²) in [6.45, 7) is 7.06. The van der Waals surface area contributed by atoms with E-state index in [4.69, 9.17) is 0 Å². The summed E-state index contributed by atoms with van der Waals surface area (Å²) in [5, 5.41) is 12.1. The molecule has 0 radical (unpaired) electrons. The zero-order chi connectivity index (χ0) is 13.9. The summed E-state index contributed by atoms with van der Waals surface area (Å²) in [6, 6.07) is 6.72. The van der Waals surface area contributed by atoms with Crippen molar-refractivity contribution in [2.45, 2.75) is 46.2 Å². The Morgan fingerprint density at radius 2 is 2.20 bits per heavy atom. The SMILES string of the molecule is CCCn1nnnc1CN1CCCc2cc(C)ccc21. The van der Waals surface area contributed by atoms with E-state index < -0.39 is 0 Å². The average molecular weight is 271 g/mol. The maximum atomic E-state index is 4.18. The molecule has 0 saturated heterocycles. The van der Waals surface area contributed by atoms with Gasteiger partial charge in [0, 0.05) is 18.8 Å². The topological polar surface area (TPSA) is 46.8 Å². The summed E-state index contributed by atoms with van der Waals surface area (Å²) in [4.78, 5) is 2.40. The second kappa shape index (κ2) is 5.61. The van der Waals surface area contributed by atoms with Crippen LogP contribution in [-0.2, 0) is 19.5 Å². The van der Waals surface area contributed by atoms with Crippen molar-refractivity contribution >= 4 is 5.69 Å². The highest BCUT2D eigenvalue weighted by Crippen LogP contribution is 2.28. The molecule has 1 aromatic carbocycles. The van der Waals surface area contributed by atoms with Gasteiger partial charge in [-0.05, 0) is 48.2 Å². The summed E-state index contributed by atoms with van der Waals surface area (Å²) in [5.41, 5.74) is 4.13. The molecule has 2 heterocycles. The molecule has 0 saturated carbocycles. The van der Waals surface area contributed by atoms with Crippen LogP contribution in [0, 0.1) is 6.92 Å². The summed E-state index contributed by atoms with van der Waals surface area (Å²) in [5.74, 6) is 0.959. The van der Waals surface area contributed by atoms with Crippen LogP contribution in [0.3, 0.4) is 0 Å². The fraction of sp³-hybridized carbons (Fsp3) is 0.533. The van der Waals surface area contributed by atoms with Gasteiger partial charge in [0.1, 0.15) is 0 Å². The van der Waals surface area contributed by atoms with Gasteiger partial charge in [0.05, 0.1) is 6.54 Å². The van der Waals surface area contributed by atoms with Gasteiger partial charge in [-0.15, -0.1) is 5.10 Å². The van der Waals surface area contributed by atoms with Gasteiger partial charge in [-0.1, -0.05) is 24.6 Å². The second-order valence-electron chi connectivity index (χ2n) is 5.48. The maximum Gasteiger partial charge on any atom is 0.170 e. The first kappa shape index (κ1) is 13.1. The van der Waals surface area contributed by atoms with Crippen molar-refractivity contribution in [3.63, 3.8) is 0 Å². The first-order valence-corrected chi connectivity index (χ1v) is 7.37. The highest BCUT2D eigenvalue weighted by molar-refractivity contribution is 5.56. The van der Waals surface area contributed by atoms with Crippen LogP contribution >= 0.6 is 0 Å². The van der Waals surface area contributed by atoms with Crippen LogP contribution in [-0.4, -0.2) is 26.8 Å². The second-order valence-corrected chi connectivity index (χ2v) is 5.48. The number of fused-ring (bicyclic) bond motifs is 1. The zero-order valence-corrected chi connectivity index (χ0v) is 12.2. The molecule has 0 bridgehead atoms. The molecule has 1 aliphatic heterocycles. The Balaban J connectivity index is 1.84. The minimum atomic E-state index is 0.795. The molecule has 5 nitrogen and oxygen atoms in total. The minimum absolute atomic E-state index is 0.795. The number of anilines is 1. The van der Waals surface area contributed by atoms with E-state index in [1.54, 1.807) is 0 Å². The lowest BCUT2D eigenvalue weighted by molar-refractivity contribution is 0.545. The number of aryl methyl sites for hydroxylation is 3. The molecule has 2 aromatic rings. The van der Waals surface area contributed by atoms with E-state index in [0.717, 1.165) is 31.9 Å². The van der Waals surface area contributed by atoms with Crippen LogP contribution in [0.5, 0.6) is 0 Å². The third-order valence-electron chi connectivity index (χ3n) is 3.82. The van der Waals surface area contributed by atoms with Gasteiger partial charge in [0.25, 0.3) is 0 Å². The van der Waals surface area contributed by atoms with Crippen LogP contribution in [0.25, 0.3) is 0 Å². The van der Waals surface area contributed by atoms with Gasteiger partial charge < -0.3 is 4.90 Å². The Labute approximate surface area is 119 Å². The smallest absolute Gasteiger partial charge is 0.170 e. The summed E-state index contributed by atoms with van der Waals surface area (Å²) in [7, 11) is 0. The largest absolute Gasteiger partial charge is 0.364 e. The Morgan fingerprint density at radius 3 is 3.05 bits per heavy atom. The molecule has 0 amide bonds. The fourth-order valence-electron chi connectivity index (χ4n) is 2.86. The van der Waals surface area contributed by atoms with Crippen LogP contribution in [0.2, 0.25) is 0 Å². The Hall–Kier alpha value is -1.91. The van der Waals surface area contributed by atoms with Gasteiger partial charge in [-0.2, -0.15) is 0 Å². The van der Waals surface area contributed by atoms with E-state index in [2.05, 4.69) is 52.5 Å². The number of hydrogen-bond acceptors (Lipinski definition) is 4. The lowest BCUT2D eigenvalue weighted by Crippen LogP contribution is -2.30. The normalized spacial score (nSPS) is 14.4. The van der Waals surface area contributed by atoms with Gasteiger partial charge in [0.2, 0.25) is 0 Å². The predicted molar refractivity (Wildman–Crippen MR) is 78.7 cm³/mol. The standard InChI is InChI=1S/C15H21N5/c1-3-8-20-15(16-17-18-20)11-19-9-4-5-13-10-12(2)6-7-14(13)19/h6-7,10H,3-5,8-9,11H2,1-2H3. The number of aromatic nitrogens is 4. The third-order valence-corrected chi connectivity index (χ3v) is 3.82. The van der Waals surface area contributed by atoms with Gasteiger partial charge in [-0.3, -0.25) is 0 Å². The number of benzene rings is 1. The molecule has 0 N–H and O–H groups in total. The number of hydrogen-bond donors (Lipinski definition) is 0. The van der Waals surface area contributed by atoms with Crippen molar-refractivity contribution in [1.82, 2.24) is 20.2 Å². The van der Waals surface area contributed by atoms with E-state index in [9.17, 15) is 0 Å². The number of tetrazole rings is 1. The van der Waals surface area contributed by atoms with Crippen molar-refractivity contribution in [3.8, 4) is 0 Å². The molecule has 0 fully saturated rings. The lowest BCUT2D eigenvalue weighted by Gasteiger charge is -2.31. The third kappa shape index (κ3) is 2.53. The molecular weight excluding hydrogens is 250 g/mol. The summed E-state index contributed by atoms with van der Waals surface area (Å²) >= 11 is 0. The minimum Gasteiger partial charge on any atom is -0.364 e. The molecule has 0 aliphatic carbocycles. The lowest BCUT2D eigenvalue weighted by atomic mass is 9.99. The first-order valence-electron chi connectivity index (χ1n) is 7.37. The maximum absolute atomic E-state index is 4.18. The van der Waals surface area contributed by atoms with E-state index in [1.165, 1.54) is 29.7 Å². The van der Waals surface area contributed by atoms with E-state index in [-0.39, 0.29) is 0 Å². The predicted octanol–water partition coefficient (Wildman–Crippen LogP) is 2.34. The Kier molecular flexibility index (Phi) is 3.67. The average Bonchev–Trinajstić information content (AvgIpc) is 2.86. The molecule has 1 aliphatic rings. The van der Waals surface area contributed by atoms with Crippen molar-refractivity contribution in [2.75, 3.05) is 11.4 Å². The van der Waals surface area contributed by atoms with E-state index in [1.807, 2.05) is 4.68 Å². The first-order chi connectivity index (χ1) is 9.78. The Bertz CT molecular complexity index is 590. The number of rotatable bonds is 4. The molecule has 106 valence electrons. The summed E-state index contributed by atoms with van der Waals surface area (Å²) in [6.07, 6.45) is 3.42. The number of nitrogens with zero attached hydrogens (tertiary/aromatic N) is 5. The van der Waals surface area contributed by atoms with Gasteiger partial charge in [-0.25, -0.2) is 4.68 Å². The van der Waals surface area contributed by atoms with Gasteiger partial charge >= 0.3 is 0 Å². The molecule has 20 heavy (non-hydrogen) atoms. The van der Waals surface area contributed by atoms with Crippen molar-refractivity contribution in [3.05, 3.63) is 35.2 Å². The molecule has 3 rings (SSSR count). The quantitative estimate of drug-likeness (QED) is 0.856. The monoisotopic (exact) mass is 271 g/mol. The van der Waals surface area contributed by atoms with E-state index >= 15 is 0 Å². The fourth-order valence-corrected chi connectivity index (χ4v) is 2.86. The molecule has 0 unspecified atom stereocenters. The highest BCUT2D eigenvalue weighted by Gasteiger charge is 2.19. The zero-order valence-electron chi connectivity index (χ0n) is 12.2. The molecule has 0 spiro atoms. The van der Waals surface area contributed by atoms with Crippen LogP contribution in [0.1, 0.15) is 36.7 Å². The Morgan fingerprint density at radius 1 is 1.30 bits per heavy atom. The highest BCUT2D eigenvalue weighted by atomic mass is 15.5. The van der Waals surface area contributed by atoms with Crippen LogP contribution in [0.4, 0.5) is 5.69 Å². The van der Waals surface area contributed by atoms with Crippen LogP contribution in [0.15, 0.2) is 18.2 Å². The molecule has 0 atom stereocenters. The molecule has 5 heteroatoms. The molecular formula is C15H21N5. The van der Waals surface area contributed by atoms with Crippen molar-refractivity contribution in [2.24, 2.45) is 0 Å². The summed E-state index contributed by atoms with van der Waals surface area (Å²) < 4.78 is 1.92. The van der Waals surface area contributed by atoms with Crippen molar-refractivity contribution < 1.29 is 0 Å². The van der Waals surface area contributed by atoms with Crippen LogP contribution < -0.4 is 4.90 Å².